The van der Waals surface area contributed by atoms with Crippen LogP contribution in [0.1, 0.15) is 25.0 Å². The van der Waals surface area contributed by atoms with Crippen LogP contribution in [0.15, 0.2) is 58.4 Å². The SMILES string of the molecule is Cc1ccccc1N1CCN(C2=NC(=O)C(=Cc3ccccc3OC(C)C)S2)CC1. The summed E-state index contributed by atoms with van der Waals surface area (Å²) in [6, 6.07) is 16.3. The molecule has 1 fully saturated rings. The second kappa shape index (κ2) is 8.96. The Labute approximate surface area is 182 Å². The predicted molar refractivity (Wildman–Crippen MR) is 125 cm³/mol. The summed E-state index contributed by atoms with van der Waals surface area (Å²) in [7, 11) is 0. The molecule has 0 unspecified atom stereocenters. The number of thioether (sulfide) groups is 1. The molecule has 1 amide bonds. The molecular formula is C24H27N3O2S. The molecule has 0 radical (unpaired) electrons. The van der Waals surface area contributed by atoms with Crippen LogP contribution in [-0.4, -0.2) is 48.3 Å². The third-order valence-electron chi connectivity index (χ3n) is 5.18. The molecule has 2 aromatic rings. The van der Waals surface area contributed by atoms with E-state index in [1.807, 2.05) is 44.2 Å². The molecule has 0 spiro atoms. The lowest BCUT2D eigenvalue weighted by molar-refractivity contribution is -0.113. The van der Waals surface area contributed by atoms with Crippen molar-refractivity contribution in [2.24, 2.45) is 4.99 Å². The fourth-order valence-corrected chi connectivity index (χ4v) is 4.65. The number of benzene rings is 2. The maximum Gasteiger partial charge on any atom is 0.286 e. The standard InChI is InChI=1S/C24H27N3O2S/c1-17(2)29-21-11-7-5-9-19(21)16-22-23(28)25-24(30-22)27-14-12-26(13-15-27)20-10-6-4-8-18(20)3/h4-11,16-17H,12-15H2,1-3H3. The Balaban J connectivity index is 1.43. The van der Waals surface area contributed by atoms with Gasteiger partial charge < -0.3 is 14.5 Å². The van der Waals surface area contributed by atoms with Crippen molar-refractivity contribution < 1.29 is 9.53 Å². The summed E-state index contributed by atoms with van der Waals surface area (Å²) >= 11 is 1.46. The minimum Gasteiger partial charge on any atom is -0.490 e. The lowest BCUT2D eigenvalue weighted by atomic mass is 10.1. The number of aliphatic imine (C=N–C) groups is 1. The number of aryl methyl sites for hydroxylation is 1. The van der Waals surface area contributed by atoms with Gasteiger partial charge in [-0.3, -0.25) is 4.79 Å². The van der Waals surface area contributed by atoms with Gasteiger partial charge in [0, 0.05) is 37.4 Å². The Hall–Kier alpha value is -2.73. The summed E-state index contributed by atoms with van der Waals surface area (Å²) in [4.78, 5) is 22.1. The first kappa shape index (κ1) is 20.5. The van der Waals surface area contributed by atoms with Crippen LogP contribution >= 0.6 is 11.8 Å². The average molecular weight is 422 g/mol. The highest BCUT2D eigenvalue weighted by molar-refractivity contribution is 8.18. The van der Waals surface area contributed by atoms with Crippen molar-refractivity contribution in [3.8, 4) is 5.75 Å². The number of amidine groups is 1. The van der Waals surface area contributed by atoms with E-state index in [1.54, 1.807) is 0 Å². The highest BCUT2D eigenvalue weighted by atomic mass is 32.2. The third-order valence-corrected chi connectivity index (χ3v) is 6.23. The Morgan fingerprint density at radius 1 is 1.00 bits per heavy atom. The van der Waals surface area contributed by atoms with E-state index in [4.69, 9.17) is 4.74 Å². The van der Waals surface area contributed by atoms with E-state index < -0.39 is 0 Å². The normalized spacial score (nSPS) is 18.3. The molecule has 2 aromatic carbocycles. The van der Waals surface area contributed by atoms with Gasteiger partial charge in [-0.2, -0.15) is 4.99 Å². The zero-order valence-electron chi connectivity index (χ0n) is 17.7. The molecule has 0 atom stereocenters. The molecule has 6 heteroatoms. The van der Waals surface area contributed by atoms with Gasteiger partial charge in [-0.1, -0.05) is 36.4 Å². The Morgan fingerprint density at radius 3 is 2.40 bits per heavy atom. The van der Waals surface area contributed by atoms with Crippen LogP contribution in [0, 0.1) is 6.92 Å². The summed E-state index contributed by atoms with van der Waals surface area (Å²) in [5.41, 5.74) is 3.49. The van der Waals surface area contributed by atoms with Gasteiger partial charge in [-0.25, -0.2) is 0 Å². The predicted octanol–water partition coefficient (Wildman–Crippen LogP) is 4.57. The Morgan fingerprint density at radius 2 is 1.67 bits per heavy atom. The number of hydrogen-bond donors (Lipinski definition) is 0. The number of anilines is 1. The van der Waals surface area contributed by atoms with Gasteiger partial charge in [0.1, 0.15) is 5.75 Å². The van der Waals surface area contributed by atoms with Crippen LogP contribution in [0.2, 0.25) is 0 Å². The largest absolute Gasteiger partial charge is 0.490 e. The first-order chi connectivity index (χ1) is 14.5. The van der Waals surface area contributed by atoms with Crippen molar-refractivity contribution in [3.63, 3.8) is 0 Å². The highest BCUT2D eigenvalue weighted by Gasteiger charge is 2.29. The minimum atomic E-state index is -0.171. The van der Waals surface area contributed by atoms with Gasteiger partial charge in [0.2, 0.25) is 0 Å². The molecule has 0 aromatic heterocycles. The number of amides is 1. The van der Waals surface area contributed by atoms with Crippen LogP contribution in [-0.2, 0) is 4.79 Å². The van der Waals surface area contributed by atoms with Crippen molar-refractivity contribution >= 4 is 34.6 Å². The Kier molecular flexibility index (Phi) is 6.13. The summed E-state index contributed by atoms with van der Waals surface area (Å²) in [5, 5.41) is 0.804. The summed E-state index contributed by atoms with van der Waals surface area (Å²) < 4.78 is 5.88. The Bertz CT molecular complexity index is 991. The number of carbonyl (C=O) groups is 1. The average Bonchev–Trinajstić information content (AvgIpc) is 3.10. The topological polar surface area (TPSA) is 45.1 Å². The van der Waals surface area contributed by atoms with Crippen molar-refractivity contribution in [2.45, 2.75) is 26.9 Å². The first-order valence-corrected chi connectivity index (χ1v) is 11.2. The molecule has 2 aliphatic rings. The first-order valence-electron chi connectivity index (χ1n) is 10.3. The van der Waals surface area contributed by atoms with E-state index >= 15 is 0 Å². The summed E-state index contributed by atoms with van der Waals surface area (Å²) in [6.45, 7) is 9.69. The third kappa shape index (κ3) is 4.54. The fraction of sp³-hybridized carbons (Fsp3) is 0.333. The number of nitrogens with zero attached hydrogens (tertiary/aromatic N) is 3. The van der Waals surface area contributed by atoms with Crippen LogP contribution < -0.4 is 9.64 Å². The maximum atomic E-state index is 12.5. The van der Waals surface area contributed by atoms with Gasteiger partial charge in [0.15, 0.2) is 5.17 Å². The van der Waals surface area contributed by atoms with Gasteiger partial charge in [-0.05, 0) is 56.3 Å². The smallest absolute Gasteiger partial charge is 0.286 e. The van der Waals surface area contributed by atoms with Crippen LogP contribution in [0.25, 0.3) is 6.08 Å². The molecule has 2 heterocycles. The molecule has 0 bridgehead atoms. The molecule has 2 aliphatic heterocycles. The molecule has 1 saturated heterocycles. The highest BCUT2D eigenvalue weighted by Crippen LogP contribution is 2.33. The number of rotatable bonds is 4. The van der Waals surface area contributed by atoms with Gasteiger partial charge in [0.05, 0.1) is 11.0 Å². The quantitative estimate of drug-likeness (QED) is 0.677. The molecule has 156 valence electrons. The maximum absolute atomic E-state index is 12.5. The van der Waals surface area contributed by atoms with E-state index in [9.17, 15) is 4.79 Å². The second-order valence-corrected chi connectivity index (χ2v) is 8.78. The van der Waals surface area contributed by atoms with Crippen molar-refractivity contribution in [2.75, 3.05) is 31.1 Å². The van der Waals surface area contributed by atoms with E-state index in [0.717, 1.165) is 42.7 Å². The zero-order valence-corrected chi connectivity index (χ0v) is 18.5. The number of ether oxygens (including phenoxy) is 1. The number of para-hydroxylation sites is 2. The minimum absolute atomic E-state index is 0.0767. The van der Waals surface area contributed by atoms with Crippen LogP contribution in [0.3, 0.4) is 0 Å². The zero-order chi connectivity index (χ0) is 21.1. The van der Waals surface area contributed by atoms with Crippen molar-refractivity contribution in [3.05, 3.63) is 64.6 Å². The molecule has 5 nitrogen and oxygen atoms in total. The van der Waals surface area contributed by atoms with Gasteiger partial charge >= 0.3 is 0 Å². The number of piperazine rings is 1. The van der Waals surface area contributed by atoms with Crippen molar-refractivity contribution in [1.82, 2.24) is 4.90 Å². The van der Waals surface area contributed by atoms with Crippen LogP contribution in [0.5, 0.6) is 5.75 Å². The summed E-state index contributed by atoms with van der Waals surface area (Å²) in [6.07, 6.45) is 1.97. The molecule has 0 N–H and O–H groups in total. The molecule has 4 rings (SSSR count). The molecule has 0 saturated carbocycles. The van der Waals surface area contributed by atoms with Crippen molar-refractivity contribution in [1.29, 1.82) is 0 Å². The van der Waals surface area contributed by atoms with E-state index in [2.05, 4.69) is 46.0 Å². The molecule has 30 heavy (non-hydrogen) atoms. The lowest BCUT2D eigenvalue weighted by Gasteiger charge is -2.37. The fourth-order valence-electron chi connectivity index (χ4n) is 3.69. The second-order valence-electron chi connectivity index (χ2n) is 7.78. The van der Waals surface area contributed by atoms with Gasteiger partial charge in [-0.15, -0.1) is 0 Å². The van der Waals surface area contributed by atoms with Crippen LogP contribution in [0.4, 0.5) is 5.69 Å². The number of carbonyl (C=O) groups excluding carboxylic acids is 1. The summed E-state index contributed by atoms with van der Waals surface area (Å²) in [5.74, 6) is 0.615. The monoisotopic (exact) mass is 421 g/mol. The lowest BCUT2D eigenvalue weighted by Crippen LogP contribution is -2.48. The molecular weight excluding hydrogens is 394 g/mol. The van der Waals surface area contributed by atoms with E-state index in [1.165, 1.54) is 23.0 Å². The van der Waals surface area contributed by atoms with E-state index in [-0.39, 0.29) is 12.0 Å². The van der Waals surface area contributed by atoms with Gasteiger partial charge in [0.25, 0.3) is 5.91 Å². The molecule has 0 aliphatic carbocycles. The van der Waals surface area contributed by atoms with E-state index in [0.29, 0.717) is 4.91 Å². The number of hydrogen-bond acceptors (Lipinski definition) is 5.